The van der Waals surface area contributed by atoms with Crippen molar-refractivity contribution in [1.82, 2.24) is 0 Å². The van der Waals surface area contributed by atoms with Crippen molar-refractivity contribution < 1.29 is 0 Å². The summed E-state index contributed by atoms with van der Waals surface area (Å²) in [5, 5.41) is 0. The molecule has 2 unspecified atom stereocenters. The van der Waals surface area contributed by atoms with Crippen LogP contribution in [-0.4, -0.2) is 0 Å². The molecule has 60 valence electrons. The standard InChI is InChI=1S/C10H20/c1-5-7-8-10(4)9(3)6-2/h9-10H,1-2,5-8H2,3-4H3. The predicted octanol–water partition coefficient (Wildman–Crippen LogP) is 3.49. The molecule has 0 fully saturated rings. The first kappa shape index (κ1) is 10.0. The Balaban J connectivity index is 3.31. The summed E-state index contributed by atoms with van der Waals surface area (Å²) in [5.41, 5.74) is 0. The van der Waals surface area contributed by atoms with Crippen molar-refractivity contribution in [2.75, 3.05) is 0 Å². The first-order valence-corrected chi connectivity index (χ1v) is 4.30. The normalized spacial score (nSPS) is 16.8. The van der Waals surface area contributed by atoms with Crippen LogP contribution in [0.5, 0.6) is 0 Å². The molecule has 0 N–H and O–H groups in total. The van der Waals surface area contributed by atoms with Crippen LogP contribution in [0.25, 0.3) is 0 Å². The highest BCUT2D eigenvalue weighted by molar-refractivity contribution is 4.63. The monoisotopic (exact) mass is 140 g/mol. The van der Waals surface area contributed by atoms with Gasteiger partial charge in [-0.3, -0.25) is 0 Å². The minimum Gasteiger partial charge on any atom is -0.0623 e. The largest absolute Gasteiger partial charge is 0.0623 e. The molecule has 0 aromatic rings. The molecule has 10 heavy (non-hydrogen) atoms. The van der Waals surface area contributed by atoms with Crippen LogP contribution in [0.2, 0.25) is 0 Å². The van der Waals surface area contributed by atoms with Crippen LogP contribution in [0.1, 0.15) is 39.5 Å². The van der Waals surface area contributed by atoms with E-state index in [-0.39, 0.29) is 0 Å². The van der Waals surface area contributed by atoms with E-state index in [0.717, 1.165) is 24.7 Å². The van der Waals surface area contributed by atoms with Gasteiger partial charge in [0.05, 0.1) is 0 Å². The van der Waals surface area contributed by atoms with Gasteiger partial charge in [0.2, 0.25) is 0 Å². The summed E-state index contributed by atoms with van der Waals surface area (Å²) in [6, 6.07) is 0. The highest BCUT2D eigenvalue weighted by atomic mass is 14.1. The summed E-state index contributed by atoms with van der Waals surface area (Å²) < 4.78 is 0. The van der Waals surface area contributed by atoms with Gasteiger partial charge in [0, 0.05) is 0 Å². The zero-order valence-corrected chi connectivity index (χ0v) is 7.40. The lowest BCUT2D eigenvalue weighted by Crippen LogP contribution is -2.06. The lowest BCUT2D eigenvalue weighted by Gasteiger charge is -2.17. The van der Waals surface area contributed by atoms with Crippen molar-refractivity contribution >= 4 is 0 Å². The van der Waals surface area contributed by atoms with Gasteiger partial charge in [-0.2, -0.15) is 0 Å². The first-order valence-electron chi connectivity index (χ1n) is 4.30. The van der Waals surface area contributed by atoms with Crippen LogP contribution in [0, 0.1) is 25.7 Å². The molecule has 2 radical (unpaired) electrons. The van der Waals surface area contributed by atoms with E-state index in [9.17, 15) is 0 Å². The number of rotatable bonds is 5. The van der Waals surface area contributed by atoms with Crippen LogP contribution >= 0.6 is 0 Å². The number of hydrogen-bond donors (Lipinski definition) is 0. The van der Waals surface area contributed by atoms with E-state index in [0.29, 0.717) is 0 Å². The Bertz CT molecular complexity index is 66.4. The van der Waals surface area contributed by atoms with Gasteiger partial charge in [-0.25, -0.2) is 0 Å². The summed E-state index contributed by atoms with van der Waals surface area (Å²) >= 11 is 0. The van der Waals surface area contributed by atoms with E-state index in [1.54, 1.807) is 0 Å². The zero-order chi connectivity index (χ0) is 7.98. The summed E-state index contributed by atoms with van der Waals surface area (Å²) in [6.45, 7) is 12.3. The third-order valence-electron chi connectivity index (χ3n) is 2.34. The molecule has 0 heterocycles. The summed E-state index contributed by atoms with van der Waals surface area (Å²) in [6.07, 6.45) is 4.73. The van der Waals surface area contributed by atoms with Gasteiger partial charge >= 0.3 is 0 Å². The van der Waals surface area contributed by atoms with Crippen molar-refractivity contribution in [1.29, 1.82) is 0 Å². The SMILES string of the molecule is [CH2]CCCC(C)C(C)C[CH2]. The Morgan fingerprint density at radius 1 is 1.10 bits per heavy atom. The number of hydrogen-bond acceptors (Lipinski definition) is 0. The van der Waals surface area contributed by atoms with Crippen LogP contribution in [-0.2, 0) is 0 Å². The molecule has 0 saturated heterocycles. The molecule has 0 amide bonds. The Morgan fingerprint density at radius 3 is 2.10 bits per heavy atom. The quantitative estimate of drug-likeness (QED) is 0.548. The molecule has 0 aliphatic rings. The summed E-state index contributed by atoms with van der Waals surface area (Å²) in [5.74, 6) is 1.62. The lowest BCUT2D eigenvalue weighted by atomic mass is 9.89. The van der Waals surface area contributed by atoms with Gasteiger partial charge in [0.25, 0.3) is 0 Å². The van der Waals surface area contributed by atoms with Crippen LogP contribution in [0.3, 0.4) is 0 Å². The topological polar surface area (TPSA) is 0 Å². The maximum atomic E-state index is 3.90. The molecule has 0 aromatic carbocycles. The second-order valence-corrected chi connectivity index (χ2v) is 3.24. The van der Waals surface area contributed by atoms with Crippen molar-refractivity contribution in [3.8, 4) is 0 Å². The fourth-order valence-electron chi connectivity index (χ4n) is 1.04. The number of unbranched alkanes of at least 4 members (excludes halogenated alkanes) is 1. The van der Waals surface area contributed by atoms with E-state index in [1.807, 2.05) is 0 Å². The van der Waals surface area contributed by atoms with Crippen molar-refractivity contribution in [3.05, 3.63) is 13.8 Å². The highest BCUT2D eigenvalue weighted by Gasteiger charge is 2.08. The molecule has 0 heteroatoms. The van der Waals surface area contributed by atoms with Crippen molar-refractivity contribution in [2.45, 2.75) is 39.5 Å². The Morgan fingerprint density at radius 2 is 1.70 bits per heavy atom. The Labute approximate surface area is 66.0 Å². The molecule has 0 aliphatic heterocycles. The highest BCUT2D eigenvalue weighted by Crippen LogP contribution is 2.19. The van der Waals surface area contributed by atoms with Gasteiger partial charge in [-0.1, -0.05) is 53.4 Å². The Kier molecular flexibility index (Phi) is 5.76. The molecule has 0 aromatic heterocycles. The van der Waals surface area contributed by atoms with Crippen LogP contribution in [0.15, 0.2) is 0 Å². The third-order valence-corrected chi connectivity index (χ3v) is 2.34. The average Bonchev–Trinajstić information content (AvgIpc) is 1.98. The minimum atomic E-state index is 0.784. The summed E-state index contributed by atoms with van der Waals surface area (Å²) in [4.78, 5) is 0. The fraction of sp³-hybridized carbons (Fsp3) is 0.800. The van der Waals surface area contributed by atoms with E-state index in [4.69, 9.17) is 0 Å². The summed E-state index contributed by atoms with van der Waals surface area (Å²) in [7, 11) is 0. The van der Waals surface area contributed by atoms with Gasteiger partial charge in [-0.05, 0) is 11.8 Å². The van der Waals surface area contributed by atoms with E-state index < -0.39 is 0 Å². The fourth-order valence-corrected chi connectivity index (χ4v) is 1.04. The zero-order valence-electron chi connectivity index (χ0n) is 7.40. The van der Waals surface area contributed by atoms with Crippen LogP contribution in [0.4, 0.5) is 0 Å². The van der Waals surface area contributed by atoms with Crippen LogP contribution < -0.4 is 0 Å². The van der Waals surface area contributed by atoms with Crippen molar-refractivity contribution in [2.24, 2.45) is 11.8 Å². The maximum Gasteiger partial charge on any atom is -0.0417 e. The van der Waals surface area contributed by atoms with E-state index in [1.165, 1.54) is 12.8 Å². The van der Waals surface area contributed by atoms with Gasteiger partial charge in [0.15, 0.2) is 0 Å². The van der Waals surface area contributed by atoms with Gasteiger partial charge in [-0.15, -0.1) is 0 Å². The van der Waals surface area contributed by atoms with Crippen molar-refractivity contribution in [3.63, 3.8) is 0 Å². The second-order valence-electron chi connectivity index (χ2n) is 3.24. The minimum absolute atomic E-state index is 0.784. The lowest BCUT2D eigenvalue weighted by molar-refractivity contribution is 0.359. The van der Waals surface area contributed by atoms with Gasteiger partial charge in [0.1, 0.15) is 0 Å². The molecule has 0 rings (SSSR count). The van der Waals surface area contributed by atoms with Gasteiger partial charge < -0.3 is 0 Å². The molecule has 0 saturated carbocycles. The molecule has 0 spiro atoms. The molecule has 2 atom stereocenters. The first-order chi connectivity index (χ1) is 4.72. The molecular weight excluding hydrogens is 120 g/mol. The Hall–Kier alpha value is 0. The van der Waals surface area contributed by atoms with E-state index >= 15 is 0 Å². The smallest absolute Gasteiger partial charge is 0.0417 e. The predicted molar refractivity (Wildman–Crippen MR) is 47.5 cm³/mol. The average molecular weight is 140 g/mol. The maximum absolute atomic E-state index is 3.90. The molecular formula is C10H20. The molecule has 0 nitrogen and oxygen atoms in total. The third kappa shape index (κ3) is 3.92. The molecule has 0 bridgehead atoms. The van der Waals surface area contributed by atoms with E-state index in [2.05, 4.69) is 27.7 Å². The second kappa shape index (κ2) is 5.76. The molecule has 0 aliphatic carbocycles.